The zero-order valence-electron chi connectivity index (χ0n) is 10.9. The molecule has 1 saturated heterocycles. The Kier molecular flexibility index (Phi) is 3.37. The number of nitrogens with one attached hydrogen (secondary N) is 2. The third-order valence-electron chi connectivity index (χ3n) is 3.42. The summed E-state index contributed by atoms with van der Waals surface area (Å²) in [5.74, 6) is -0.169. The van der Waals surface area contributed by atoms with E-state index >= 15 is 0 Å². The first kappa shape index (κ1) is 12.7. The summed E-state index contributed by atoms with van der Waals surface area (Å²) in [6.07, 6.45) is 3.14. The average molecular weight is 273 g/mol. The van der Waals surface area contributed by atoms with E-state index in [1.165, 1.54) is 6.39 Å². The van der Waals surface area contributed by atoms with Gasteiger partial charge in [-0.25, -0.2) is 4.98 Å². The van der Waals surface area contributed by atoms with Crippen LogP contribution >= 0.6 is 0 Å². The van der Waals surface area contributed by atoms with E-state index in [4.69, 9.17) is 4.42 Å². The Hall–Kier alpha value is -2.37. The molecule has 2 amide bonds. The number of fused-ring (bicyclic) bond motifs is 1. The van der Waals surface area contributed by atoms with Gasteiger partial charge in [0.15, 0.2) is 12.0 Å². The summed E-state index contributed by atoms with van der Waals surface area (Å²) < 4.78 is 5.23. The molecule has 1 aromatic carbocycles. The van der Waals surface area contributed by atoms with Crippen molar-refractivity contribution in [2.45, 2.75) is 25.3 Å². The molecule has 1 unspecified atom stereocenters. The van der Waals surface area contributed by atoms with Gasteiger partial charge in [0.25, 0.3) is 0 Å². The Morgan fingerprint density at radius 3 is 3.20 bits per heavy atom. The Morgan fingerprint density at radius 1 is 1.50 bits per heavy atom. The highest BCUT2D eigenvalue weighted by Crippen LogP contribution is 2.14. The molecule has 1 aliphatic rings. The molecule has 0 spiro atoms. The van der Waals surface area contributed by atoms with Crippen LogP contribution in [0.25, 0.3) is 11.1 Å². The van der Waals surface area contributed by atoms with Crippen LogP contribution in [0.1, 0.15) is 18.4 Å². The molecule has 6 nitrogen and oxygen atoms in total. The Labute approximate surface area is 115 Å². The third kappa shape index (κ3) is 2.64. The third-order valence-corrected chi connectivity index (χ3v) is 3.42. The van der Waals surface area contributed by atoms with Crippen molar-refractivity contribution in [2.24, 2.45) is 0 Å². The van der Waals surface area contributed by atoms with Crippen molar-refractivity contribution >= 4 is 22.9 Å². The molecule has 2 heterocycles. The highest BCUT2D eigenvalue weighted by atomic mass is 16.3. The predicted octanol–water partition coefficient (Wildman–Crippen LogP) is 0.765. The van der Waals surface area contributed by atoms with E-state index < -0.39 is 0 Å². The summed E-state index contributed by atoms with van der Waals surface area (Å²) in [5.41, 5.74) is 2.65. The van der Waals surface area contributed by atoms with E-state index in [0.717, 1.165) is 16.7 Å². The average Bonchev–Trinajstić information content (AvgIpc) is 3.06. The van der Waals surface area contributed by atoms with Gasteiger partial charge in [0.05, 0.1) is 0 Å². The first-order valence-corrected chi connectivity index (χ1v) is 6.61. The van der Waals surface area contributed by atoms with Crippen molar-refractivity contribution in [3.8, 4) is 0 Å². The lowest BCUT2D eigenvalue weighted by molar-refractivity contribution is -0.125. The van der Waals surface area contributed by atoms with Crippen LogP contribution < -0.4 is 10.6 Å². The molecule has 1 atom stereocenters. The number of benzene rings is 1. The Balaban J connectivity index is 1.51. The van der Waals surface area contributed by atoms with Crippen LogP contribution in [-0.2, 0) is 16.0 Å². The summed E-state index contributed by atoms with van der Waals surface area (Å²) in [6, 6.07) is 5.41. The quantitative estimate of drug-likeness (QED) is 0.861. The Morgan fingerprint density at radius 2 is 2.40 bits per heavy atom. The summed E-state index contributed by atoms with van der Waals surface area (Å²) in [7, 11) is 0. The normalized spacial score (nSPS) is 18.2. The van der Waals surface area contributed by atoms with Gasteiger partial charge in [0.2, 0.25) is 11.8 Å². The maximum absolute atomic E-state index is 11.8. The largest absolute Gasteiger partial charge is 0.443 e. The molecule has 0 saturated carbocycles. The zero-order valence-corrected chi connectivity index (χ0v) is 10.9. The van der Waals surface area contributed by atoms with Crippen molar-refractivity contribution in [3.63, 3.8) is 0 Å². The van der Waals surface area contributed by atoms with Crippen molar-refractivity contribution in [1.82, 2.24) is 15.6 Å². The molecule has 6 heteroatoms. The molecule has 1 fully saturated rings. The van der Waals surface area contributed by atoms with Crippen LogP contribution in [0.4, 0.5) is 0 Å². The van der Waals surface area contributed by atoms with E-state index in [2.05, 4.69) is 15.6 Å². The van der Waals surface area contributed by atoms with Gasteiger partial charge in [-0.1, -0.05) is 6.07 Å². The summed E-state index contributed by atoms with van der Waals surface area (Å²) >= 11 is 0. The van der Waals surface area contributed by atoms with Crippen LogP contribution in [0.5, 0.6) is 0 Å². The minimum atomic E-state index is -0.376. The minimum absolute atomic E-state index is 0.0547. The van der Waals surface area contributed by atoms with Crippen LogP contribution in [-0.4, -0.2) is 29.4 Å². The molecule has 1 aliphatic heterocycles. The first-order valence-electron chi connectivity index (χ1n) is 6.61. The van der Waals surface area contributed by atoms with Gasteiger partial charge in [-0.15, -0.1) is 0 Å². The lowest BCUT2D eigenvalue weighted by atomic mass is 10.1. The summed E-state index contributed by atoms with van der Waals surface area (Å²) in [6.45, 7) is 0.533. The second-order valence-corrected chi connectivity index (χ2v) is 4.85. The zero-order chi connectivity index (χ0) is 13.9. The number of nitrogens with zero attached hydrogens (tertiary/aromatic N) is 1. The lowest BCUT2D eigenvalue weighted by Gasteiger charge is -2.10. The topological polar surface area (TPSA) is 84.2 Å². The maximum Gasteiger partial charge on any atom is 0.242 e. The molecular weight excluding hydrogens is 258 g/mol. The molecule has 0 bridgehead atoms. The van der Waals surface area contributed by atoms with E-state index in [1.807, 2.05) is 18.2 Å². The van der Waals surface area contributed by atoms with Crippen molar-refractivity contribution in [2.75, 3.05) is 6.54 Å². The number of carbonyl (C=O) groups excluding carboxylic acids is 2. The van der Waals surface area contributed by atoms with Gasteiger partial charge >= 0.3 is 0 Å². The lowest BCUT2D eigenvalue weighted by Crippen LogP contribution is -2.42. The number of oxazole rings is 1. The second-order valence-electron chi connectivity index (χ2n) is 4.85. The molecule has 20 heavy (non-hydrogen) atoms. The van der Waals surface area contributed by atoms with Gasteiger partial charge < -0.3 is 15.1 Å². The standard InChI is InChI=1S/C14H15N3O3/c18-13-4-3-11(17-13)14(19)15-6-5-9-1-2-10-12(7-9)20-8-16-10/h1-2,7-8,11H,3-6H2,(H,15,19)(H,17,18). The molecule has 3 rings (SSSR count). The molecule has 0 radical (unpaired) electrons. The highest BCUT2D eigenvalue weighted by molar-refractivity contribution is 5.90. The molecule has 2 aromatic rings. The number of carbonyl (C=O) groups is 2. The van der Waals surface area contributed by atoms with Crippen LogP contribution in [0.2, 0.25) is 0 Å². The van der Waals surface area contributed by atoms with E-state index in [0.29, 0.717) is 25.8 Å². The minimum Gasteiger partial charge on any atom is -0.443 e. The number of aromatic nitrogens is 1. The van der Waals surface area contributed by atoms with E-state index in [1.54, 1.807) is 0 Å². The van der Waals surface area contributed by atoms with Gasteiger partial charge in [-0.3, -0.25) is 9.59 Å². The molecule has 1 aromatic heterocycles. The smallest absolute Gasteiger partial charge is 0.242 e. The number of amides is 2. The highest BCUT2D eigenvalue weighted by Gasteiger charge is 2.26. The molecular formula is C14H15N3O3. The monoisotopic (exact) mass is 273 g/mol. The van der Waals surface area contributed by atoms with E-state index in [9.17, 15) is 9.59 Å². The number of rotatable bonds is 4. The maximum atomic E-state index is 11.8. The number of hydrogen-bond acceptors (Lipinski definition) is 4. The van der Waals surface area contributed by atoms with Gasteiger partial charge in [0.1, 0.15) is 11.6 Å². The van der Waals surface area contributed by atoms with Crippen molar-refractivity contribution in [1.29, 1.82) is 0 Å². The van der Waals surface area contributed by atoms with Crippen molar-refractivity contribution in [3.05, 3.63) is 30.2 Å². The summed E-state index contributed by atoms with van der Waals surface area (Å²) in [5, 5.41) is 5.48. The van der Waals surface area contributed by atoms with Gasteiger partial charge in [-0.05, 0) is 30.5 Å². The fourth-order valence-corrected chi connectivity index (χ4v) is 2.32. The second kappa shape index (κ2) is 5.32. The molecule has 104 valence electrons. The summed E-state index contributed by atoms with van der Waals surface area (Å²) in [4.78, 5) is 26.9. The Bertz CT molecular complexity index is 650. The van der Waals surface area contributed by atoms with Crippen molar-refractivity contribution < 1.29 is 14.0 Å². The number of hydrogen-bond donors (Lipinski definition) is 2. The van der Waals surface area contributed by atoms with Gasteiger partial charge in [-0.2, -0.15) is 0 Å². The van der Waals surface area contributed by atoms with Crippen LogP contribution in [0, 0.1) is 0 Å². The SMILES string of the molecule is O=C1CCC(C(=O)NCCc2ccc3ncoc3c2)N1. The predicted molar refractivity (Wildman–Crippen MR) is 71.9 cm³/mol. The fraction of sp³-hybridized carbons (Fsp3) is 0.357. The molecule has 2 N–H and O–H groups in total. The fourth-order valence-electron chi connectivity index (χ4n) is 2.32. The van der Waals surface area contributed by atoms with Crippen LogP contribution in [0.3, 0.4) is 0 Å². The molecule has 0 aliphatic carbocycles. The van der Waals surface area contributed by atoms with Crippen LogP contribution in [0.15, 0.2) is 29.0 Å². The first-order chi connectivity index (χ1) is 9.72. The van der Waals surface area contributed by atoms with E-state index in [-0.39, 0.29) is 17.9 Å². The van der Waals surface area contributed by atoms with Gasteiger partial charge in [0, 0.05) is 13.0 Å².